The molecule has 164 valence electrons. The van der Waals surface area contributed by atoms with Gasteiger partial charge in [-0.15, -0.1) is 0 Å². The summed E-state index contributed by atoms with van der Waals surface area (Å²) in [5.74, 6) is 0.563. The lowest BCUT2D eigenvalue weighted by Crippen LogP contribution is -2.50. The van der Waals surface area contributed by atoms with Crippen LogP contribution in [0.2, 0.25) is 0 Å². The van der Waals surface area contributed by atoms with E-state index in [1.54, 1.807) is 0 Å². The molecule has 2 aliphatic heterocycles. The first-order valence-corrected chi connectivity index (χ1v) is 11.7. The molecule has 2 aliphatic rings. The lowest BCUT2D eigenvalue weighted by atomic mass is 9.85. The van der Waals surface area contributed by atoms with Gasteiger partial charge in [0.05, 0.1) is 18.8 Å². The van der Waals surface area contributed by atoms with Crippen LogP contribution >= 0.6 is 0 Å². The molecule has 1 aromatic rings. The van der Waals surface area contributed by atoms with Gasteiger partial charge in [-0.2, -0.15) is 0 Å². The second-order valence-electron chi connectivity index (χ2n) is 9.26. The summed E-state index contributed by atoms with van der Waals surface area (Å²) in [6.45, 7) is 6.14. The molecule has 1 aromatic carbocycles. The molecule has 0 aromatic heterocycles. The van der Waals surface area contributed by atoms with Crippen molar-refractivity contribution < 1.29 is 19.3 Å². The molecule has 0 aliphatic carbocycles. The topological polar surface area (TPSA) is 47.9 Å². The summed E-state index contributed by atoms with van der Waals surface area (Å²) in [4.78, 5) is 0. The second kappa shape index (κ2) is 11.5. The maximum absolute atomic E-state index is 9.28. The van der Waals surface area contributed by atoms with Crippen molar-refractivity contribution in [3.63, 3.8) is 0 Å². The molecular formula is C25H40O4. The van der Waals surface area contributed by atoms with E-state index in [4.69, 9.17) is 14.2 Å². The van der Waals surface area contributed by atoms with E-state index in [0.717, 1.165) is 51.6 Å². The van der Waals surface area contributed by atoms with Crippen LogP contribution in [0, 0.1) is 11.8 Å². The first kappa shape index (κ1) is 22.7. The third-order valence-electron chi connectivity index (χ3n) is 6.63. The minimum atomic E-state index is -0.368. The number of hydrogen-bond donors (Lipinski definition) is 1. The molecule has 1 spiro atoms. The first-order valence-electron chi connectivity index (χ1n) is 11.7. The van der Waals surface area contributed by atoms with Crippen molar-refractivity contribution in [2.24, 2.45) is 11.8 Å². The Labute approximate surface area is 176 Å². The summed E-state index contributed by atoms with van der Waals surface area (Å²) in [5.41, 5.74) is 1.23. The molecule has 0 amide bonds. The van der Waals surface area contributed by atoms with Crippen molar-refractivity contribution in [1.29, 1.82) is 0 Å². The fraction of sp³-hybridized carbons (Fsp3) is 0.760. The smallest absolute Gasteiger partial charge is 0.169 e. The third-order valence-corrected chi connectivity index (χ3v) is 6.63. The van der Waals surface area contributed by atoms with Crippen LogP contribution in [0.25, 0.3) is 0 Å². The second-order valence-corrected chi connectivity index (χ2v) is 9.26. The third kappa shape index (κ3) is 7.06. The molecule has 2 saturated heterocycles. The number of rotatable bonds is 10. The SMILES string of the molecule is CC1CC[C@]2(CCCC(CC[C@H](C)CO)O2)OC1CCCOCc1ccccc1. The quantitative estimate of drug-likeness (QED) is 0.525. The van der Waals surface area contributed by atoms with E-state index >= 15 is 0 Å². The van der Waals surface area contributed by atoms with E-state index in [0.29, 0.717) is 18.4 Å². The average Bonchev–Trinajstić information content (AvgIpc) is 2.75. The highest BCUT2D eigenvalue weighted by Crippen LogP contribution is 2.42. The van der Waals surface area contributed by atoms with E-state index in [1.807, 2.05) is 6.07 Å². The Hall–Kier alpha value is -0.940. The number of aliphatic hydroxyl groups is 1. The van der Waals surface area contributed by atoms with Gasteiger partial charge in [0.15, 0.2) is 5.79 Å². The van der Waals surface area contributed by atoms with Crippen molar-refractivity contribution >= 4 is 0 Å². The van der Waals surface area contributed by atoms with E-state index in [2.05, 4.69) is 38.1 Å². The van der Waals surface area contributed by atoms with Gasteiger partial charge in [0.1, 0.15) is 0 Å². The summed E-state index contributed by atoms with van der Waals surface area (Å²) in [6, 6.07) is 10.4. The Bertz CT molecular complexity index is 577. The van der Waals surface area contributed by atoms with Crippen molar-refractivity contribution in [2.45, 2.75) is 96.2 Å². The Morgan fingerprint density at radius 1 is 1.14 bits per heavy atom. The molecule has 3 unspecified atom stereocenters. The number of ether oxygens (including phenoxy) is 3. The molecule has 0 bridgehead atoms. The van der Waals surface area contributed by atoms with Gasteiger partial charge in [0, 0.05) is 26.1 Å². The number of hydrogen-bond acceptors (Lipinski definition) is 4. The summed E-state index contributed by atoms with van der Waals surface area (Å²) in [7, 11) is 0. The van der Waals surface area contributed by atoms with Gasteiger partial charge in [-0.05, 0) is 62.3 Å². The van der Waals surface area contributed by atoms with Crippen LogP contribution in [0.4, 0.5) is 0 Å². The number of aliphatic hydroxyl groups excluding tert-OH is 1. The Morgan fingerprint density at radius 2 is 1.97 bits per heavy atom. The molecule has 4 nitrogen and oxygen atoms in total. The van der Waals surface area contributed by atoms with Gasteiger partial charge >= 0.3 is 0 Å². The standard InChI is InChI=1S/C25H40O4/c1-20(18-26)12-13-23-10-6-15-25(28-23)16-14-21(2)24(29-25)11-7-17-27-19-22-8-4-3-5-9-22/h3-5,8-9,20-21,23-24,26H,6-7,10-19H2,1-2H3/t20-,21?,23?,24?,25-/m0/s1. The highest BCUT2D eigenvalue weighted by molar-refractivity contribution is 5.13. The fourth-order valence-corrected chi connectivity index (χ4v) is 4.63. The van der Waals surface area contributed by atoms with Crippen LogP contribution in [-0.4, -0.2) is 36.3 Å². The molecule has 0 saturated carbocycles. The van der Waals surface area contributed by atoms with Gasteiger partial charge in [-0.3, -0.25) is 0 Å². The fourth-order valence-electron chi connectivity index (χ4n) is 4.63. The average molecular weight is 405 g/mol. The molecule has 0 radical (unpaired) electrons. The molecule has 1 N–H and O–H groups in total. The Balaban J connectivity index is 1.41. The molecular weight excluding hydrogens is 364 g/mol. The first-order chi connectivity index (χ1) is 14.1. The summed E-state index contributed by atoms with van der Waals surface area (Å²) < 4.78 is 19.0. The lowest BCUT2D eigenvalue weighted by molar-refractivity contribution is -0.324. The Kier molecular flexibility index (Phi) is 8.98. The molecule has 2 fully saturated rings. The van der Waals surface area contributed by atoms with Crippen LogP contribution in [0.5, 0.6) is 0 Å². The zero-order valence-corrected chi connectivity index (χ0v) is 18.4. The van der Waals surface area contributed by atoms with Crippen LogP contribution in [0.3, 0.4) is 0 Å². The summed E-state index contributed by atoms with van der Waals surface area (Å²) in [6.07, 6.45) is 10.2. The van der Waals surface area contributed by atoms with Gasteiger partial charge in [0.25, 0.3) is 0 Å². The normalized spacial score (nSPS) is 31.1. The van der Waals surface area contributed by atoms with Crippen molar-refractivity contribution in [3.8, 4) is 0 Å². The predicted octanol–water partition coefficient (Wildman–Crippen LogP) is 5.47. The molecule has 2 heterocycles. The van der Waals surface area contributed by atoms with Crippen molar-refractivity contribution in [3.05, 3.63) is 35.9 Å². The molecule has 5 atom stereocenters. The van der Waals surface area contributed by atoms with E-state index in [9.17, 15) is 5.11 Å². The zero-order chi connectivity index (χ0) is 20.5. The van der Waals surface area contributed by atoms with Crippen LogP contribution in [0.15, 0.2) is 30.3 Å². The maximum Gasteiger partial charge on any atom is 0.169 e. The minimum absolute atomic E-state index is 0.263. The van der Waals surface area contributed by atoms with Gasteiger partial charge < -0.3 is 19.3 Å². The summed E-state index contributed by atoms with van der Waals surface area (Å²) >= 11 is 0. The van der Waals surface area contributed by atoms with E-state index < -0.39 is 0 Å². The molecule has 29 heavy (non-hydrogen) atoms. The predicted molar refractivity (Wildman–Crippen MR) is 116 cm³/mol. The highest BCUT2D eigenvalue weighted by atomic mass is 16.7. The molecule has 3 rings (SSSR count). The van der Waals surface area contributed by atoms with Crippen molar-refractivity contribution in [2.75, 3.05) is 13.2 Å². The Morgan fingerprint density at radius 3 is 2.76 bits per heavy atom. The van der Waals surface area contributed by atoms with Gasteiger partial charge in [0.2, 0.25) is 0 Å². The highest BCUT2D eigenvalue weighted by Gasteiger charge is 2.44. The summed E-state index contributed by atoms with van der Waals surface area (Å²) in [5, 5.41) is 9.28. The van der Waals surface area contributed by atoms with E-state index in [1.165, 1.54) is 18.4 Å². The maximum atomic E-state index is 9.28. The van der Waals surface area contributed by atoms with Gasteiger partial charge in [-0.1, -0.05) is 44.2 Å². The molecule has 4 heteroatoms. The van der Waals surface area contributed by atoms with Crippen LogP contribution in [-0.2, 0) is 20.8 Å². The minimum Gasteiger partial charge on any atom is -0.396 e. The number of benzene rings is 1. The van der Waals surface area contributed by atoms with Crippen LogP contribution in [0.1, 0.15) is 77.2 Å². The monoisotopic (exact) mass is 404 g/mol. The largest absolute Gasteiger partial charge is 0.396 e. The van der Waals surface area contributed by atoms with Gasteiger partial charge in [-0.25, -0.2) is 0 Å². The van der Waals surface area contributed by atoms with Crippen LogP contribution < -0.4 is 0 Å². The lowest BCUT2D eigenvalue weighted by Gasteiger charge is -2.48. The zero-order valence-electron chi connectivity index (χ0n) is 18.4. The van der Waals surface area contributed by atoms with Crippen molar-refractivity contribution in [1.82, 2.24) is 0 Å². The van der Waals surface area contributed by atoms with E-state index in [-0.39, 0.29) is 24.6 Å².